The van der Waals surface area contributed by atoms with Gasteiger partial charge in [-0.25, -0.2) is 4.99 Å². The standard InChI is InChI=1S/C37H27N3/c1-3-9-29(10-4-1)35-25-36(30-11-5-2-6-12-30)40-37(39-35)32-23-31-13-7-8-14-33(31)34(24-32)28-17-15-26(16-18-28)27-19-21-38-22-20-27/h1-24,35H,25H2/t35-/m1/s1. The van der Waals surface area contributed by atoms with Crippen molar-refractivity contribution in [2.24, 2.45) is 9.98 Å². The van der Waals surface area contributed by atoms with E-state index >= 15 is 0 Å². The molecular weight excluding hydrogens is 486 g/mol. The summed E-state index contributed by atoms with van der Waals surface area (Å²) in [7, 11) is 0. The lowest BCUT2D eigenvalue weighted by Crippen LogP contribution is -2.17. The zero-order chi connectivity index (χ0) is 26.7. The molecule has 0 saturated heterocycles. The molecule has 190 valence electrons. The Labute approximate surface area is 234 Å². The van der Waals surface area contributed by atoms with Crippen molar-refractivity contribution in [2.75, 3.05) is 0 Å². The van der Waals surface area contributed by atoms with Gasteiger partial charge in [0.2, 0.25) is 0 Å². The SMILES string of the molecule is c1ccc(C2=NC(c3cc(-c4ccc(-c5ccncc5)cc4)c4ccccc4c3)=N[C@@H](c3ccccc3)C2)cc1. The van der Waals surface area contributed by atoms with Crippen LogP contribution in [-0.2, 0) is 0 Å². The molecule has 0 N–H and O–H groups in total. The average Bonchev–Trinajstić information content (AvgIpc) is 3.05. The van der Waals surface area contributed by atoms with Crippen molar-refractivity contribution >= 4 is 22.3 Å². The van der Waals surface area contributed by atoms with Crippen molar-refractivity contribution in [1.82, 2.24) is 4.98 Å². The van der Waals surface area contributed by atoms with E-state index in [2.05, 4.69) is 120 Å². The Hall–Kier alpha value is -5.15. The summed E-state index contributed by atoms with van der Waals surface area (Å²) in [5.74, 6) is 0.777. The molecule has 3 nitrogen and oxygen atoms in total. The summed E-state index contributed by atoms with van der Waals surface area (Å²) in [6, 6.07) is 46.9. The van der Waals surface area contributed by atoms with E-state index in [0.29, 0.717) is 0 Å². The van der Waals surface area contributed by atoms with E-state index in [1.165, 1.54) is 33.0 Å². The number of nitrogens with zero attached hydrogens (tertiary/aromatic N) is 3. The topological polar surface area (TPSA) is 37.6 Å². The van der Waals surface area contributed by atoms with Crippen LogP contribution in [0.5, 0.6) is 0 Å². The van der Waals surface area contributed by atoms with Gasteiger partial charge in [-0.3, -0.25) is 9.98 Å². The highest BCUT2D eigenvalue weighted by Gasteiger charge is 2.22. The normalized spacial score (nSPS) is 14.9. The Bertz CT molecular complexity index is 1840. The van der Waals surface area contributed by atoms with Crippen molar-refractivity contribution in [1.29, 1.82) is 0 Å². The maximum atomic E-state index is 5.22. The maximum absolute atomic E-state index is 5.22. The van der Waals surface area contributed by atoms with Crippen LogP contribution in [0.25, 0.3) is 33.0 Å². The van der Waals surface area contributed by atoms with Gasteiger partial charge in [-0.2, -0.15) is 0 Å². The molecule has 1 aromatic heterocycles. The highest BCUT2D eigenvalue weighted by molar-refractivity contribution is 6.16. The molecule has 0 saturated carbocycles. The van der Waals surface area contributed by atoms with Crippen molar-refractivity contribution in [3.8, 4) is 22.3 Å². The number of aromatic nitrogens is 1. The van der Waals surface area contributed by atoms with E-state index in [-0.39, 0.29) is 6.04 Å². The average molecular weight is 514 g/mol. The number of aliphatic imine (C=N–C) groups is 2. The van der Waals surface area contributed by atoms with Gasteiger partial charge in [-0.1, -0.05) is 109 Å². The zero-order valence-electron chi connectivity index (χ0n) is 22.0. The third-order valence-electron chi connectivity index (χ3n) is 7.53. The van der Waals surface area contributed by atoms with E-state index in [1.54, 1.807) is 0 Å². The van der Waals surface area contributed by atoms with Crippen molar-refractivity contribution in [3.63, 3.8) is 0 Å². The second-order valence-corrected chi connectivity index (χ2v) is 10.1. The van der Waals surface area contributed by atoms with Crippen molar-refractivity contribution in [3.05, 3.63) is 163 Å². The number of fused-ring (bicyclic) bond motifs is 1. The van der Waals surface area contributed by atoms with Crippen LogP contribution in [0.3, 0.4) is 0 Å². The molecule has 40 heavy (non-hydrogen) atoms. The van der Waals surface area contributed by atoms with Gasteiger partial charge >= 0.3 is 0 Å². The molecule has 0 bridgehead atoms. The zero-order valence-corrected chi connectivity index (χ0v) is 22.0. The van der Waals surface area contributed by atoms with Crippen LogP contribution < -0.4 is 0 Å². The Kier molecular flexibility index (Phi) is 6.31. The molecule has 7 rings (SSSR count). The molecule has 0 amide bonds. The monoisotopic (exact) mass is 513 g/mol. The first-order valence-corrected chi connectivity index (χ1v) is 13.6. The van der Waals surface area contributed by atoms with Gasteiger partial charge in [0.25, 0.3) is 0 Å². The second kappa shape index (κ2) is 10.5. The summed E-state index contributed by atoms with van der Waals surface area (Å²) in [6.45, 7) is 0. The number of amidine groups is 1. The fourth-order valence-corrected chi connectivity index (χ4v) is 5.46. The molecule has 1 atom stereocenters. The van der Waals surface area contributed by atoms with Crippen LogP contribution in [0.1, 0.15) is 29.2 Å². The molecule has 0 radical (unpaired) electrons. The Morgan fingerprint density at radius 1 is 0.525 bits per heavy atom. The molecule has 0 aliphatic carbocycles. The predicted octanol–water partition coefficient (Wildman–Crippen LogP) is 8.95. The van der Waals surface area contributed by atoms with E-state index < -0.39 is 0 Å². The van der Waals surface area contributed by atoms with Crippen molar-refractivity contribution < 1.29 is 0 Å². The highest BCUT2D eigenvalue weighted by atomic mass is 15.0. The fourth-order valence-electron chi connectivity index (χ4n) is 5.46. The van der Waals surface area contributed by atoms with Gasteiger partial charge in [-0.15, -0.1) is 0 Å². The third-order valence-corrected chi connectivity index (χ3v) is 7.53. The van der Waals surface area contributed by atoms with Gasteiger partial charge in [0, 0.05) is 24.4 Å². The second-order valence-electron chi connectivity index (χ2n) is 10.1. The van der Waals surface area contributed by atoms with Crippen LogP contribution in [0, 0.1) is 0 Å². The van der Waals surface area contributed by atoms with Crippen LogP contribution in [0.4, 0.5) is 0 Å². The highest BCUT2D eigenvalue weighted by Crippen LogP contribution is 2.34. The van der Waals surface area contributed by atoms with E-state index in [4.69, 9.17) is 9.98 Å². The van der Waals surface area contributed by atoms with Crippen molar-refractivity contribution in [2.45, 2.75) is 12.5 Å². The van der Waals surface area contributed by atoms with Crippen LogP contribution in [0.2, 0.25) is 0 Å². The number of hydrogen-bond acceptors (Lipinski definition) is 3. The fraction of sp³-hybridized carbons (Fsp3) is 0.0541. The van der Waals surface area contributed by atoms with Crippen LogP contribution >= 0.6 is 0 Å². The number of benzene rings is 5. The molecule has 0 spiro atoms. The Morgan fingerprint density at radius 2 is 1.18 bits per heavy atom. The molecule has 5 aromatic carbocycles. The quantitative estimate of drug-likeness (QED) is 0.227. The first-order valence-electron chi connectivity index (χ1n) is 13.6. The molecule has 0 fully saturated rings. The summed E-state index contributed by atoms with van der Waals surface area (Å²) < 4.78 is 0. The largest absolute Gasteiger partial charge is 0.265 e. The number of hydrogen-bond donors (Lipinski definition) is 0. The first-order chi connectivity index (χ1) is 19.8. The Morgan fingerprint density at radius 3 is 1.95 bits per heavy atom. The summed E-state index contributed by atoms with van der Waals surface area (Å²) in [6.07, 6.45) is 4.44. The first kappa shape index (κ1) is 23.9. The summed E-state index contributed by atoms with van der Waals surface area (Å²) in [5.41, 5.74) is 9.11. The lowest BCUT2D eigenvalue weighted by molar-refractivity contribution is 0.753. The molecule has 1 aliphatic rings. The summed E-state index contributed by atoms with van der Waals surface area (Å²) in [5, 5.41) is 2.39. The molecule has 6 aromatic rings. The molecule has 0 unspecified atom stereocenters. The minimum atomic E-state index is 0.0125. The Balaban J connectivity index is 1.36. The smallest absolute Gasteiger partial charge is 0.155 e. The predicted molar refractivity (Wildman–Crippen MR) is 166 cm³/mol. The van der Waals surface area contributed by atoms with Gasteiger partial charge in [-0.05, 0) is 68.4 Å². The third kappa shape index (κ3) is 4.74. The van der Waals surface area contributed by atoms with E-state index in [1.807, 2.05) is 30.6 Å². The maximum Gasteiger partial charge on any atom is 0.155 e. The van der Waals surface area contributed by atoms with Gasteiger partial charge in [0.05, 0.1) is 11.8 Å². The minimum Gasteiger partial charge on any atom is -0.265 e. The van der Waals surface area contributed by atoms with Gasteiger partial charge in [0.15, 0.2) is 5.84 Å². The molecule has 3 heteroatoms. The minimum absolute atomic E-state index is 0.0125. The van der Waals surface area contributed by atoms with E-state index in [9.17, 15) is 0 Å². The molecule has 2 heterocycles. The lowest BCUT2D eigenvalue weighted by Gasteiger charge is -2.22. The molecular formula is C37H27N3. The number of pyridine rings is 1. The van der Waals surface area contributed by atoms with Gasteiger partial charge < -0.3 is 0 Å². The molecule has 1 aliphatic heterocycles. The summed E-state index contributed by atoms with van der Waals surface area (Å²) in [4.78, 5) is 14.5. The van der Waals surface area contributed by atoms with Crippen LogP contribution in [-0.4, -0.2) is 16.5 Å². The van der Waals surface area contributed by atoms with Gasteiger partial charge in [0.1, 0.15) is 0 Å². The lowest BCUT2D eigenvalue weighted by atomic mass is 9.92. The van der Waals surface area contributed by atoms with E-state index in [0.717, 1.165) is 34.7 Å². The van der Waals surface area contributed by atoms with Crippen LogP contribution in [0.15, 0.2) is 156 Å². The number of rotatable bonds is 5. The summed E-state index contributed by atoms with van der Waals surface area (Å²) >= 11 is 0.